The second kappa shape index (κ2) is 3.23. The van der Waals surface area contributed by atoms with E-state index in [1.54, 1.807) is 6.07 Å². The minimum atomic E-state index is -2.78. The predicted molar refractivity (Wildman–Crippen MR) is 60.0 cm³/mol. The van der Waals surface area contributed by atoms with Crippen molar-refractivity contribution in [3.05, 3.63) is 36.8 Å². The summed E-state index contributed by atoms with van der Waals surface area (Å²) in [5.41, 5.74) is -1.23. The molecule has 2 saturated carbocycles. The second-order valence-corrected chi connectivity index (χ2v) is 5.34. The molecule has 19 heavy (non-hydrogen) atoms. The molecule has 2 aliphatic carbocycles. The number of aromatic nitrogens is 2. The van der Waals surface area contributed by atoms with E-state index in [0.29, 0.717) is 6.42 Å². The smallest absolute Gasteiger partial charge is 0.265 e. The maximum Gasteiger partial charge on any atom is 0.265 e. The topological polar surface area (TPSA) is 44.2 Å². The number of nitrogens with zero attached hydrogens (tertiary/aromatic N) is 2. The van der Waals surface area contributed by atoms with E-state index in [2.05, 4.69) is 9.97 Å². The molecule has 1 aliphatic heterocycles. The Hall–Kier alpha value is -1.72. The lowest BCUT2D eigenvalue weighted by Crippen LogP contribution is -2.37. The number of ether oxygens (including phenoxy) is 2. The summed E-state index contributed by atoms with van der Waals surface area (Å²) in [5, 5.41) is 0. The Morgan fingerprint density at radius 3 is 2.42 bits per heavy atom. The van der Waals surface area contributed by atoms with Crippen molar-refractivity contribution in [1.82, 2.24) is 9.97 Å². The first-order valence-electron chi connectivity index (χ1n) is 6.27. The Labute approximate surface area is 108 Å². The van der Waals surface area contributed by atoms with E-state index in [1.165, 1.54) is 24.9 Å². The molecule has 4 nitrogen and oxygen atoms in total. The molecule has 1 aromatic rings. The third-order valence-electron chi connectivity index (χ3n) is 4.55. The molecular formula is C13H12F2N2O2. The van der Waals surface area contributed by atoms with Gasteiger partial charge < -0.3 is 9.47 Å². The molecule has 4 rings (SSSR count). The van der Waals surface area contributed by atoms with E-state index in [0.717, 1.165) is 0 Å². The molecule has 1 aromatic heterocycles. The first-order chi connectivity index (χ1) is 9.11. The molecule has 0 radical (unpaired) electrons. The van der Waals surface area contributed by atoms with Gasteiger partial charge in [-0.15, -0.1) is 0 Å². The van der Waals surface area contributed by atoms with Gasteiger partial charge in [-0.2, -0.15) is 0 Å². The molecule has 2 fully saturated rings. The summed E-state index contributed by atoms with van der Waals surface area (Å²) in [6.07, 6.45) is 6.74. The van der Waals surface area contributed by atoms with Gasteiger partial charge in [0.25, 0.3) is 5.92 Å². The first-order valence-corrected chi connectivity index (χ1v) is 6.27. The summed E-state index contributed by atoms with van der Waals surface area (Å²) < 4.78 is 39.3. The number of hydrogen-bond acceptors (Lipinski definition) is 4. The van der Waals surface area contributed by atoms with E-state index in [-0.39, 0.29) is 18.7 Å². The van der Waals surface area contributed by atoms with Crippen LogP contribution >= 0.6 is 0 Å². The highest BCUT2D eigenvalue weighted by atomic mass is 19.3. The van der Waals surface area contributed by atoms with Crippen molar-refractivity contribution in [2.45, 2.75) is 36.4 Å². The third kappa shape index (κ3) is 1.21. The predicted octanol–water partition coefficient (Wildman–Crippen LogP) is 2.38. The Morgan fingerprint density at radius 2 is 1.79 bits per heavy atom. The molecule has 2 unspecified atom stereocenters. The largest absolute Gasteiger partial charge is 0.457 e. The van der Waals surface area contributed by atoms with Crippen LogP contribution in [0.1, 0.15) is 25.1 Å². The molecular weight excluding hydrogens is 254 g/mol. The zero-order chi connectivity index (χ0) is 13.1. The maximum absolute atomic E-state index is 14.3. The highest BCUT2D eigenvalue weighted by Gasteiger charge is 2.85. The van der Waals surface area contributed by atoms with Crippen molar-refractivity contribution in [1.29, 1.82) is 0 Å². The fourth-order valence-corrected chi connectivity index (χ4v) is 3.47. The molecule has 0 saturated heterocycles. The van der Waals surface area contributed by atoms with Crippen molar-refractivity contribution < 1.29 is 18.3 Å². The van der Waals surface area contributed by atoms with Crippen molar-refractivity contribution >= 4 is 0 Å². The lowest BCUT2D eigenvalue weighted by Gasteiger charge is -2.33. The van der Waals surface area contributed by atoms with Crippen molar-refractivity contribution in [2.24, 2.45) is 5.92 Å². The molecule has 0 bridgehead atoms. The van der Waals surface area contributed by atoms with Crippen LogP contribution in [0.25, 0.3) is 0 Å². The summed E-state index contributed by atoms with van der Waals surface area (Å²) in [7, 11) is 0. The average molecular weight is 266 g/mol. The van der Waals surface area contributed by atoms with Gasteiger partial charge >= 0.3 is 0 Å². The van der Waals surface area contributed by atoms with E-state index in [1.807, 2.05) is 0 Å². The molecule has 2 heterocycles. The lowest BCUT2D eigenvalue weighted by atomic mass is 9.84. The summed E-state index contributed by atoms with van der Waals surface area (Å²) in [6.45, 7) is 0. The summed E-state index contributed by atoms with van der Waals surface area (Å²) >= 11 is 0. The van der Waals surface area contributed by atoms with Gasteiger partial charge in [0.2, 0.25) is 5.79 Å². The fourth-order valence-electron chi connectivity index (χ4n) is 3.47. The number of rotatable bonds is 1. The first kappa shape index (κ1) is 11.1. The summed E-state index contributed by atoms with van der Waals surface area (Å²) in [4.78, 5) is 8.08. The molecule has 0 amide bonds. The Kier molecular flexibility index (Phi) is 1.90. The number of hydrogen-bond donors (Lipinski definition) is 0. The minimum Gasteiger partial charge on any atom is -0.457 e. The van der Waals surface area contributed by atoms with Crippen LogP contribution in [0.15, 0.2) is 31.0 Å². The second-order valence-electron chi connectivity index (χ2n) is 5.34. The normalized spacial score (nSPS) is 36.4. The van der Waals surface area contributed by atoms with Gasteiger partial charge in [-0.05, 0) is 12.5 Å². The zero-order valence-electron chi connectivity index (χ0n) is 10.1. The summed E-state index contributed by atoms with van der Waals surface area (Å²) in [5.74, 6) is -4.25. The SMILES string of the molecule is FC1(F)C2CC3(CCC21c1ncccn1)OC=CO3. The zero-order valence-corrected chi connectivity index (χ0v) is 10.1. The van der Waals surface area contributed by atoms with Crippen molar-refractivity contribution in [3.8, 4) is 0 Å². The standard InChI is InChI=1S/C13H12F2N2O2/c14-13(15)9-8-11(18-6-7-19-11)2-3-12(9,13)10-16-4-1-5-17-10/h1,4-7,9H,2-3,8H2. The van der Waals surface area contributed by atoms with Gasteiger partial charge in [-0.25, -0.2) is 18.7 Å². The number of halogens is 2. The molecule has 0 N–H and O–H groups in total. The van der Waals surface area contributed by atoms with Gasteiger partial charge in [0.15, 0.2) is 0 Å². The molecule has 6 heteroatoms. The van der Waals surface area contributed by atoms with Crippen LogP contribution in [-0.4, -0.2) is 21.7 Å². The quantitative estimate of drug-likeness (QED) is 0.782. The average Bonchev–Trinajstić information content (AvgIpc) is 2.76. The van der Waals surface area contributed by atoms with E-state index in [9.17, 15) is 8.78 Å². The van der Waals surface area contributed by atoms with Crippen molar-refractivity contribution in [2.75, 3.05) is 0 Å². The molecule has 0 aromatic carbocycles. The van der Waals surface area contributed by atoms with Crippen LogP contribution in [0, 0.1) is 5.92 Å². The van der Waals surface area contributed by atoms with Crippen LogP contribution in [0.3, 0.4) is 0 Å². The van der Waals surface area contributed by atoms with E-state index < -0.39 is 23.0 Å². The minimum absolute atomic E-state index is 0.172. The van der Waals surface area contributed by atoms with Gasteiger partial charge in [0, 0.05) is 31.2 Å². The van der Waals surface area contributed by atoms with E-state index in [4.69, 9.17) is 9.47 Å². The summed E-state index contributed by atoms with van der Waals surface area (Å²) in [6, 6.07) is 1.63. The van der Waals surface area contributed by atoms with Crippen LogP contribution < -0.4 is 0 Å². The molecule has 1 spiro atoms. The maximum atomic E-state index is 14.3. The van der Waals surface area contributed by atoms with Crippen molar-refractivity contribution in [3.63, 3.8) is 0 Å². The van der Waals surface area contributed by atoms with Gasteiger partial charge in [0.1, 0.15) is 23.8 Å². The Bertz CT molecular complexity index is 541. The van der Waals surface area contributed by atoms with E-state index >= 15 is 0 Å². The third-order valence-corrected chi connectivity index (χ3v) is 4.55. The Balaban J connectivity index is 1.69. The van der Waals surface area contributed by atoms with Crippen LogP contribution in [-0.2, 0) is 14.9 Å². The lowest BCUT2D eigenvalue weighted by molar-refractivity contribution is -0.167. The molecule has 100 valence electrons. The highest BCUT2D eigenvalue weighted by Crippen LogP contribution is 2.73. The highest BCUT2D eigenvalue weighted by molar-refractivity contribution is 5.35. The van der Waals surface area contributed by atoms with Crippen LogP contribution in [0.5, 0.6) is 0 Å². The Morgan fingerprint density at radius 1 is 1.11 bits per heavy atom. The number of fused-ring (bicyclic) bond motifs is 1. The van der Waals surface area contributed by atoms with Crippen LogP contribution in [0.2, 0.25) is 0 Å². The van der Waals surface area contributed by atoms with Gasteiger partial charge in [0.05, 0.1) is 0 Å². The van der Waals surface area contributed by atoms with Gasteiger partial charge in [-0.3, -0.25) is 0 Å². The molecule has 2 atom stereocenters. The monoisotopic (exact) mass is 266 g/mol. The molecule has 3 aliphatic rings. The van der Waals surface area contributed by atoms with Gasteiger partial charge in [-0.1, -0.05) is 0 Å². The fraction of sp³-hybridized carbons (Fsp3) is 0.538. The van der Waals surface area contributed by atoms with Crippen LogP contribution in [0.4, 0.5) is 8.78 Å². The number of alkyl halides is 2.